The van der Waals surface area contributed by atoms with Crippen molar-refractivity contribution >= 4 is 6.09 Å². The largest absolute Gasteiger partial charge is 0.444 e. The second-order valence-electron chi connectivity index (χ2n) is 8.29. The van der Waals surface area contributed by atoms with E-state index in [4.69, 9.17) is 4.74 Å². The van der Waals surface area contributed by atoms with Crippen molar-refractivity contribution < 1.29 is 9.53 Å². The molecular weight excluding hydrogens is 290 g/mol. The number of nitrogens with zero attached hydrogens (tertiary/aromatic N) is 2. The molecule has 2 fully saturated rings. The van der Waals surface area contributed by atoms with Crippen LogP contribution in [0.15, 0.2) is 0 Å². The summed E-state index contributed by atoms with van der Waals surface area (Å²) in [5.41, 5.74) is -0.418. The van der Waals surface area contributed by atoms with Crippen molar-refractivity contribution in [1.29, 1.82) is 0 Å². The Labute approximate surface area is 141 Å². The predicted molar refractivity (Wildman–Crippen MR) is 93.6 cm³/mol. The number of hydrogen-bond acceptors (Lipinski definition) is 4. The number of piperidine rings is 1. The van der Waals surface area contributed by atoms with E-state index in [0.29, 0.717) is 12.1 Å². The summed E-state index contributed by atoms with van der Waals surface area (Å²) >= 11 is 0. The van der Waals surface area contributed by atoms with Gasteiger partial charge in [-0.05, 0) is 79.4 Å². The normalized spacial score (nSPS) is 22.0. The van der Waals surface area contributed by atoms with Crippen LogP contribution in [0.1, 0.15) is 53.4 Å². The van der Waals surface area contributed by atoms with Crippen LogP contribution < -0.4 is 5.32 Å². The fourth-order valence-corrected chi connectivity index (χ4v) is 3.24. The molecule has 1 aliphatic heterocycles. The minimum absolute atomic E-state index is 0.159. The maximum atomic E-state index is 12.3. The zero-order valence-electron chi connectivity index (χ0n) is 15.6. The van der Waals surface area contributed by atoms with Crippen molar-refractivity contribution in [3.8, 4) is 0 Å². The smallest absolute Gasteiger partial charge is 0.410 e. The predicted octanol–water partition coefficient (Wildman–Crippen LogP) is 2.71. The highest BCUT2D eigenvalue weighted by molar-refractivity contribution is 5.69. The summed E-state index contributed by atoms with van der Waals surface area (Å²) in [6.07, 6.45) is 4.60. The van der Waals surface area contributed by atoms with Crippen molar-refractivity contribution in [2.24, 2.45) is 5.92 Å². The third-order valence-corrected chi connectivity index (χ3v) is 4.90. The minimum atomic E-state index is -0.418. The molecule has 1 N–H and O–H groups in total. The summed E-state index contributed by atoms with van der Waals surface area (Å²) < 4.78 is 5.54. The molecule has 1 heterocycles. The maximum Gasteiger partial charge on any atom is 0.410 e. The highest BCUT2D eigenvalue weighted by atomic mass is 16.6. The molecule has 2 rings (SSSR count). The monoisotopic (exact) mass is 325 g/mol. The summed E-state index contributed by atoms with van der Waals surface area (Å²) in [6, 6.07) is 0.911. The number of carbonyl (C=O) groups excluding carboxylic acids is 1. The third-order valence-electron chi connectivity index (χ3n) is 4.90. The Morgan fingerprint density at radius 2 is 1.87 bits per heavy atom. The Kier molecular flexibility index (Phi) is 6.32. The molecule has 0 bridgehead atoms. The van der Waals surface area contributed by atoms with E-state index in [2.05, 4.69) is 24.2 Å². The highest BCUT2D eigenvalue weighted by Gasteiger charge is 2.35. The van der Waals surface area contributed by atoms with E-state index in [1.807, 2.05) is 25.7 Å². The van der Waals surface area contributed by atoms with E-state index in [9.17, 15) is 4.79 Å². The van der Waals surface area contributed by atoms with Gasteiger partial charge >= 0.3 is 6.09 Å². The van der Waals surface area contributed by atoms with Crippen molar-refractivity contribution in [2.45, 2.75) is 71.1 Å². The van der Waals surface area contributed by atoms with E-state index in [-0.39, 0.29) is 6.09 Å². The van der Waals surface area contributed by atoms with Crippen LogP contribution in [-0.4, -0.2) is 66.8 Å². The molecule has 134 valence electrons. The number of likely N-dealkylation sites (tertiary alicyclic amines) is 1. The fourth-order valence-electron chi connectivity index (χ4n) is 3.24. The number of rotatable bonds is 6. The van der Waals surface area contributed by atoms with Crippen molar-refractivity contribution in [3.63, 3.8) is 0 Å². The molecule has 2 aliphatic rings. The van der Waals surface area contributed by atoms with Gasteiger partial charge in [-0.2, -0.15) is 0 Å². The quantitative estimate of drug-likeness (QED) is 0.815. The molecule has 23 heavy (non-hydrogen) atoms. The molecule has 1 atom stereocenters. The van der Waals surface area contributed by atoms with Gasteiger partial charge in [0.15, 0.2) is 0 Å². The van der Waals surface area contributed by atoms with Gasteiger partial charge in [0.25, 0.3) is 0 Å². The summed E-state index contributed by atoms with van der Waals surface area (Å²) in [7, 11) is 2.20. The Morgan fingerprint density at radius 1 is 1.26 bits per heavy atom. The van der Waals surface area contributed by atoms with Crippen LogP contribution in [0, 0.1) is 5.92 Å². The Balaban J connectivity index is 1.73. The third kappa shape index (κ3) is 6.30. The maximum absolute atomic E-state index is 12.3. The number of carbonyl (C=O) groups is 1. The molecular formula is C18H35N3O2. The van der Waals surface area contributed by atoms with E-state index in [1.165, 1.54) is 25.9 Å². The van der Waals surface area contributed by atoms with E-state index in [1.54, 1.807) is 0 Å². The standard InChI is InChI=1S/C18H35N3O2/c1-14(15-8-11-20(5)12-9-15)19-10-13-21(16-6-7-16)17(22)23-18(2,3)4/h14-16,19H,6-13H2,1-5H3. The van der Waals surface area contributed by atoms with E-state index >= 15 is 0 Å². The lowest BCUT2D eigenvalue weighted by Gasteiger charge is -2.33. The van der Waals surface area contributed by atoms with E-state index < -0.39 is 5.60 Å². The molecule has 1 amide bonds. The van der Waals surface area contributed by atoms with Crippen LogP contribution in [0.3, 0.4) is 0 Å². The molecule has 1 unspecified atom stereocenters. The van der Waals surface area contributed by atoms with Gasteiger partial charge in [0.05, 0.1) is 0 Å². The first kappa shape index (κ1) is 18.5. The van der Waals surface area contributed by atoms with Crippen LogP contribution in [0.4, 0.5) is 4.79 Å². The van der Waals surface area contributed by atoms with Crippen LogP contribution in [-0.2, 0) is 4.74 Å². The van der Waals surface area contributed by atoms with Crippen LogP contribution in [0.2, 0.25) is 0 Å². The number of ether oxygens (including phenoxy) is 1. The van der Waals surface area contributed by atoms with Crippen LogP contribution in [0.5, 0.6) is 0 Å². The molecule has 1 saturated carbocycles. The second kappa shape index (κ2) is 7.84. The van der Waals surface area contributed by atoms with Crippen molar-refractivity contribution in [2.75, 3.05) is 33.2 Å². The lowest BCUT2D eigenvalue weighted by molar-refractivity contribution is 0.0233. The van der Waals surface area contributed by atoms with E-state index in [0.717, 1.165) is 31.8 Å². The highest BCUT2D eigenvalue weighted by Crippen LogP contribution is 2.28. The average molecular weight is 325 g/mol. The molecule has 0 aromatic rings. The SMILES string of the molecule is CC(NCCN(C(=O)OC(C)(C)C)C1CC1)C1CCN(C)CC1. The van der Waals surface area contributed by atoms with Gasteiger partial charge < -0.3 is 19.9 Å². The van der Waals surface area contributed by atoms with Gasteiger partial charge in [0, 0.05) is 25.2 Å². The topological polar surface area (TPSA) is 44.8 Å². The summed E-state index contributed by atoms with van der Waals surface area (Å²) in [6.45, 7) is 12.1. The minimum Gasteiger partial charge on any atom is -0.444 e. The van der Waals surface area contributed by atoms with Crippen molar-refractivity contribution in [3.05, 3.63) is 0 Å². The van der Waals surface area contributed by atoms with Gasteiger partial charge in [-0.1, -0.05) is 0 Å². The van der Waals surface area contributed by atoms with Crippen molar-refractivity contribution in [1.82, 2.24) is 15.1 Å². The van der Waals surface area contributed by atoms with Gasteiger partial charge in [-0.3, -0.25) is 0 Å². The van der Waals surface area contributed by atoms with Gasteiger partial charge in [-0.25, -0.2) is 4.79 Å². The summed E-state index contributed by atoms with van der Waals surface area (Å²) in [5, 5.41) is 3.63. The molecule has 0 aromatic heterocycles. The molecule has 0 spiro atoms. The van der Waals surface area contributed by atoms with Gasteiger partial charge in [0.2, 0.25) is 0 Å². The van der Waals surface area contributed by atoms with Crippen LogP contribution in [0.25, 0.3) is 0 Å². The van der Waals surface area contributed by atoms with Gasteiger partial charge in [0.1, 0.15) is 5.60 Å². The number of nitrogens with one attached hydrogen (secondary N) is 1. The fraction of sp³-hybridized carbons (Fsp3) is 0.944. The Bertz CT molecular complexity index is 382. The average Bonchev–Trinajstić information content (AvgIpc) is 3.26. The lowest BCUT2D eigenvalue weighted by Crippen LogP contribution is -2.45. The number of hydrogen-bond donors (Lipinski definition) is 1. The second-order valence-corrected chi connectivity index (χ2v) is 8.29. The van der Waals surface area contributed by atoms with Gasteiger partial charge in [-0.15, -0.1) is 0 Å². The molecule has 0 aromatic carbocycles. The summed E-state index contributed by atoms with van der Waals surface area (Å²) in [4.78, 5) is 16.6. The number of amides is 1. The first-order valence-electron chi connectivity index (χ1n) is 9.18. The summed E-state index contributed by atoms with van der Waals surface area (Å²) in [5.74, 6) is 0.752. The first-order valence-corrected chi connectivity index (χ1v) is 9.18. The Hall–Kier alpha value is -0.810. The molecule has 1 saturated heterocycles. The molecule has 5 nitrogen and oxygen atoms in total. The zero-order valence-corrected chi connectivity index (χ0v) is 15.6. The molecule has 0 radical (unpaired) electrons. The molecule has 1 aliphatic carbocycles. The Morgan fingerprint density at radius 3 is 2.39 bits per heavy atom. The zero-order chi connectivity index (χ0) is 17.0. The molecule has 5 heteroatoms. The first-order chi connectivity index (χ1) is 10.8. The lowest BCUT2D eigenvalue weighted by atomic mass is 9.90. The van der Waals surface area contributed by atoms with Crippen LogP contribution >= 0.6 is 0 Å².